The molecule has 5 aliphatic rings. The molecule has 4 fully saturated rings. The molecule has 0 aromatic rings. The van der Waals surface area contributed by atoms with E-state index in [9.17, 15) is 14.4 Å². The fourth-order valence-electron chi connectivity index (χ4n) is 11.1. The number of ether oxygens (including phenoxy) is 2. The lowest BCUT2D eigenvalue weighted by molar-refractivity contribution is -0.225. The molecule has 5 aliphatic carbocycles. The molecule has 0 bridgehead atoms. The van der Waals surface area contributed by atoms with E-state index in [1.165, 1.54) is 13.8 Å². The van der Waals surface area contributed by atoms with Gasteiger partial charge < -0.3 is 9.47 Å². The topological polar surface area (TPSA) is 69.7 Å². The maximum atomic E-state index is 13.5. The normalized spacial score (nSPS) is 48.4. The highest BCUT2D eigenvalue weighted by Gasteiger charge is 2.69. The lowest BCUT2D eigenvalue weighted by Gasteiger charge is -2.71. The maximum absolute atomic E-state index is 13.5. The van der Waals surface area contributed by atoms with Crippen LogP contribution < -0.4 is 0 Å². The summed E-state index contributed by atoms with van der Waals surface area (Å²) in [6, 6.07) is 0. The van der Waals surface area contributed by atoms with Crippen LogP contribution in [0.25, 0.3) is 0 Å². The Balaban J connectivity index is 1.55. The number of hydrogen-bond donors (Lipinski definition) is 0. The first-order valence-corrected chi connectivity index (χ1v) is 15.5. The van der Waals surface area contributed by atoms with Crippen LogP contribution in [-0.4, -0.2) is 30.4 Å². The van der Waals surface area contributed by atoms with E-state index in [4.69, 9.17) is 9.47 Å². The fraction of sp³-hybridized carbons (Fsp3) is 0.853. The molecular formula is C34H52O5. The zero-order valence-corrected chi connectivity index (χ0v) is 26.0. The van der Waals surface area contributed by atoms with E-state index >= 15 is 0 Å². The Labute approximate surface area is 236 Å². The highest BCUT2D eigenvalue weighted by molar-refractivity contribution is 5.87. The third kappa shape index (κ3) is 4.02. The number of rotatable bonds is 3. The SMILES string of the molecule is CC(=O)OCC1(C)C(OC(C)=O)CCC2(C)C1CCC1(C)C2CC=C2C3CC(C)(C)CC(=O)C3(C)CCC21C. The van der Waals surface area contributed by atoms with E-state index in [2.05, 4.69) is 54.5 Å². The number of carbonyl (C=O) groups excluding carboxylic acids is 3. The molecule has 0 spiro atoms. The van der Waals surface area contributed by atoms with Crippen LogP contribution in [0.1, 0.15) is 120 Å². The molecule has 0 heterocycles. The third-order valence-corrected chi connectivity index (χ3v) is 13.5. The van der Waals surface area contributed by atoms with Crippen molar-refractivity contribution in [3.8, 4) is 0 Å². The van der Waals surface area contributed by atoms with Gasteiger partial charge in [-0.3, -0.25) is 14.4 Å². The predicted molar refractivity (Wildman–Crippen MR) is 152 cm³/mol. The van der Waals surface area contributed by atoms with Crippen molar-refractivity contribution >= 4 is 17.7 Å². The van der Waals surface area contributed by atoms with Crippen molar-refractivity contribution < 1.29 is 23.9 Å². The van der Waals surface area contributed by atoms with Crippen LogP contribution in [0.3, 0.4) is 0 Å². The van der Waals surface area contributed by atoms with E-state index in [-0.39, 0.29) is 45.1 Å². The minimum atomic E-state index is -0.415. The molecule has 0 radical (unpaired) electrons. The second kappa shape index (κ2) is 8.92. The zero-order chi connectivity index (χ0) is 28.8. The Morgan fingerprint density at radius 2 is 1.59 bits per heavy atom. The van der Waals surface area contributed by atoms with Crippen molar-refractivity contribution in [1.29, 1.82) is 0 Å². The van der Waals surface area contributed by atoms with Gasteiger partial charge in [-0.05, 0) is 90.8 Å². The van der Waals surface area contributed by atoms with E-state index in [0.29, 0.717) is 36.6 Å². The van der Waals surface area contributed by atoms with Crippen LogP contribution in [0, 0.1) is 50.2 Å². The van der Waals surface area contributed by atoms with Crippen LogP contribution in [0.2, 0.25) is 0 Å². The Kier molecular flexibility index (Phi) is 6.60. The predicted octanol–water partition coefficient (Wildman–Crippen LogP) is 7.46. The van der Waals surface area contributed by atoms with Crippen LogP contribution in [-0.2, 0) is 23.9 Å². The van der Waals surface area contributed by atoms with Crippen molar-refractivity contribution in [3.05, 3.63) is 11.6 Å². The number of esters is 2. The monoisotopic (exact) mass is 540 g/mol. The average molecular weight is 541 g/mol. The molecule has 5 heteroatoms. The summed E-state index contributed by atoms with van der Waals surface area (Å²) in [5.74, 6) is 1.06. The smallest absolute Gasteiger partial charge is 0.302 e. The molecular weight excluding hydrogens is 488 g/mol. The van der Waals surface area contributed by atoms with E-state index in [1.54, 1.807) is 5.57 Å². The Bertz CT molecular complexity index is 1100. The summed E-state index contributed by atoms with van der Waals surface area (Å²) >= 11 is 0. The minimum absolute atomic E-state index is 0.0476. The number of allylic oxidation sites excluding steroid dienone is 2. The Hall–Kier alpha value is -1.65. The standard InChI is InChI=1S/C34H52O5/c1-21(35)38-20-32(7)25-12-15-34(9)26(31(25,6)14-13-28(32)39-22(2)36)11-10-23-24-18-29(3,4)19-27(37)30(24,5)16-17-33(23,34)8/h10,24-26,28H,11-20H2,1-9H3. The van der Waals surface area contributed by atoms with Gasteiger partial charge in [0.2, 0.25) is 0 Å². The second-order valence-corrected chi connectivity index (χ2v) is 16.2. The largest absolute Gasteiger partial charge is 0.465 e. The van der Waals surface area contributed by atoms with Gasteiger partial charge >= 0.3 is 11.9 Å². The number of hydrogen-bond acceptors (Lipinski definition) is 5. The first kappa shape index (κ1) is 28.9. The van der Waals surface area contributed by atoms with Crippen molar-refractivity contribution in [2.75, 3.05) is 6.61 Å². The third-order valence-electron chi connectivity index (χ3n) is 13.5. The summed E-state index contributed by atoms with van der Waals surface area (Å²) in [4.78, 5) is 37.6. The van der Waals surface area contributed by atoms with Crippen molar-refractivity contribution in [2.24, 2.45) is 50.2 Å². The quantitative estimate of drug-likeness (QED) is 0.274. The van der Waals surface area contributed by atoms with Gasteiger partial charge in [0, 0.05) is 31.1 Å². The van der Waals surface area contributed by atoms with E-state index in [1.807, 2.05) is 0 Å². The summed E-state index contributed by atoms with van der Waals surface area (Å²) in [6.45, 7) is 19.8. The Morgan fingerprint density at radius 1 is 0.897 bits per heavy atom. The molecule has 0 aromatic carbocycles. The van der Waals surface area contributed by atoms with E-state index in [0.717, 1.165) is 51.4 Å². The molecule has 0 amide bonds. The first-order chi connectivity index (χ1) is 17.9. The molecule has 5 nitrogen and oxygen atoms in total. The van der Waals surface area contributed by atoms with Crippen LogP contribution in [0.4, 0.5) is 0 Å². The van der Waals surface area contributed by atoms with Crippen LogP contribution in [0.15, 0.2) is 11.6 Å². The van der Waals surface area contributed by atoms with Gasteiger partial charge in [-0.2, -0.15) is 0 Å². The van der Waals surface area contributed by atoms with Gasteiger partial charge in [-0.15, -0.1) is 0 Å². The van der Waals surface area contributed by atoms with Gasteiger partial charge in [0.25, 0.3) is 0 Å². The molecule has 4 saturated carbocycles. The number of carbonyl (C=O) groups is 3. The molecule has 0 aliphatic heterocycles. The zero-order valence-electron chi connectivity index (χ0n) is 26.0. The molecule has 5 rings (SSSR count). The highest BCUT2D eigenvalue weighted by atomic mass is 16.6. The van der Waals surface area contributed by atoms with Gasteiger partial charge in [-0.1, -0.05) is 60.1 Å². The first-order valence-electron chi connectivity index (χ1n) is 15.5. The van der Waals surface area contributed by atoms with Crippen LogP contribution >= 0.6 is 0 Å². The molecule has 218 valence electrons. The number of Topliss-reactive ketones (excluding diaryl/α,β-unsaturated/α-hetero) is 1. The summed E-state index contributed by atoms with van der Waals surface area (Å²) in [6.07, 6.45) is 11.2. The molecule has 0 N–H and O–H groups in total. The highest BCUT2D eigenvalue weighted by Crippen LogP contribution is 2.75. The molecule has 0 saturated heterocycles. The summed E-state index contributed by atoms with van der Waals surface area (Å²) in [5, 5.41) is 0. The Morgan fingerprint density at radius 3 is 2.23 bits per heavy atom. The summed E-state index contributed by atoms with van der Waals surface area (Å²) in [7, 11) is 0. The lowest BCUT2D eigenvalue weighted by Crippen LogP contribution is -2.66. The number of fused-ring (bicyclic) bond motifs is 7. The molecule has 39 heavy (non-hydrogen) atoms. The van der Waals surface area contributed by atoms with E-state index < -0.39 is 5.41 Å². The summed E-state index contributed by atoms with van der Waals surface area (Å²) in [5.41, 5.74) is 1.24. The van der Waals surface area contributed by atoms with Crippen molar-refractivity contribution in [3.63, 3.8) is 0 Å². The van der Waals surface area contributed by atoms with Gasteiger partial charge in [0.15, 0.2) is 0 Å². The molecule has 9 unspecified atom stereocenters. The minimum Gasteiger partial charge on any atom is -0.465 e. The van der Waals surface area contributed by atoms with Crippen LogP contribution in [0.5, 0.6) is 0 Å². The molecule has 9 atom stereocenters. The van der Waals surface area contributed by atoms with Crippen molar-refractivity contribution in [1.82, 2.24) is 0 Å². The average Bonchev–Trinajstić information content (AvgIpc) is 2.81. The van der Waals surface area contributed by atoms with Gasteiger partial charge in [0.1, 0.15) is 18.5 Å². The fourth-order valence-corrected chi connectivity index (χ4v) is 11.1. The lowest BCUT2D eigenvalue weighted by atomic mass is 9.33. The molecule has 0 aromatic heterocycles. The van der Waals surface area contributed by atoms with Crippen molar-refractivity contribution in [2.45, 2.75) is 126 Å². The maximum Gasteiger partial charge on any atom is 0.302 e. The summed E-state index contributed by atoms with van der Waals surface area (Å²) < 4.78 is 11.6. The second-order valence-electron chi connectivity index (χ2n) is 16.2. The number of ketones is 1. The van der Waals surface area contributed by atoms with Gasteiger partial charge in [-0.25, -0.2) is 0 Å². The van der Waals surface area contributed by atoms with Gasteiger partial charge in [0.05, 0.1) is 0 Å².